The lowest BCUT2D eigenvalue weighted by molar-refractivity contribution is -0.132. The fourth-order valence-corrected chi connectivity index (χ4v) is 5.30. The summed E-state index contributed by atoms with van der Waals surface area (Å²) in [6.45, 7) is 6.56. The molecule has 0 saturated carbocycles. The molecule has 0 atom stereocenters. The van der Waals surface area contributed by atoms with E-state index in [0.29, 0.717) is 43.7 Å². The number of hydrogen-bond acceptors (Lipinski definition) is 4. The predicted molar refractivity (Wildman–Crippen MR) is 107 cm³/mol. The van der Waals surface area contributed by atoms with Crippen LogP contribution >= 0.6 is 0 Å². The summed E-state index contributed by atoms with van der Waals surface area (Å²) in [5, 5.41) is 6.67. The quantitative estimate of drug-likeness (QED) is 0.772. The number of sulfonamides is 1. The molecule has 1 saturated heterocycles. The first-order valence-corrected chi connectivity index (χ1v) is 11.1. The van der Waals surface area contributed by atoms with Crippen LogP contribution in [0.1, 0.15) is 41.8 Å². The van der Waals surface area contributed by atoms with E-state index in [4.69, 9.17) is 0 Å². The number of piperidine rings is 1. The van der Waals surface area contributed by atoms with Crippen LogP contribution in [0, 0.1) is 20.8 Å². The Morgan fingerprint density at radius 3 is 2.39 bits per heavy atom. The van der Waals surface area contributed by atoms with Gasteiger partial charge in [-0.15, -0.1) is 0 Å². The minimum absolute atomic E-state index is 0.128. The molecule has 0 bridgehead atoms. The van der Waals surface area contributed by atoms with Crippen molar-refractivity contribution in [3.8, 4) is 0 Å². The van der Waals surface area contributed by atoms with Gasteiger partial charge in [-0.05, 0) is 45.6 Å². The Balaban J connectivity index is 1.50. The number of aryl methyl sites for hydroxylation is 4. The molecule has 1 amide bonds. The van der Waals surface area contributed by atoms with E-state index in [1.54, 1.807) is 13.8 Å². The maximum atomic E-state index is 12.7. The zero-order valence-corrected chi connectivity index (χ0v) is 17.5. The van der Waals surface area contributed by atoms with Gasteiger partial charge in [-0.3, -0.25) is 9.89 Å². The molecule has 0 unspecified atom stereocenters. The number of rotatable bonds is 6. The van der Waals surface area contributed by atoms with Crippen LogP contribution in [0.3, 0.4) is 0 Å². The lowest BCUT2D eigenvalue weighted by Gasteiger charge is -2.32. The van der Waals surface area contributed by atoms with Crippen molar-refractivity contribution in [3.05, 3.63) is 46.8 Å². The van der Waals surface area contributed by atoms with Crippen LogP contribution < -0.4 is 4.72 Å². The maximum Gasteiger partial charge on any atom is 0.244 e. The molecule has 1 aromatic heterocycles. The lowest BCUT2D eigenvalue weighted by Crippen LogP contribution is -2.46. The third kappa shape index (κ3) is 4.80. The van der Waals surface area contributed by atoms with Crippen LogP contribution in [0.15, 0.2) is 29.2 Å². The van der Waals surface area contributed by atoms with Crippen LogP contribution in [0.2, 0.25) is 0 Å². The zero-order chi connectivity index (χ0) is 20.3. The molecule has 7 nitrogen and oxygen atoms in total. The fourth-order valence-electron chi connectivity index (χ4n) is 3.63. The van der Waals surface area contributed by atoms with Crippen molar-refractivity contribution in [1.82, 2.24) is 19.8 Å². The summed E-state index contributed by atoms with van der Waals surface area (Å²) in [7, 11) is -3.61. The van der Waals surface area contributed by atoms with E-state index in [2.05, 4.69) is 39.2 Å². The van der Waals surface area contributed by atoms with Crippen molar-refractivity contribution in [2.24, 2.45) is 0 Å². The third-order valence-corrected chi connectivity index (χ3v) is 7.03. The highest BCUT2D eigenvalue weighted by Crippen LogP contribution is 2.20. The predicted octanol–water partition coefficient (Wildman–Crippen LogP) is 2.24. The second kappa shape index (κ2) is 8.45. The highest BCUT2D eigenvalue weighted by atomic mass is 32.2. The van der Waals surface area contributed by atoms with Crippen molar-refractivity contribution in [2.75, 3.05) is 13.1 Å². The van der Waals surface area contributed by atoms with Crippen LogP contribution in [-0.4, -0.2) is 48.6 Å². The summed E-state index contributed by atoms with van der Waals surface area (Å²) in [4.78, 5) is 14.5. The Morgan fingerprint density at radius 1 is 1.18 bits per heavy atom. The van der Waals surface area contributed by atoms with Crippen molar-refractivity contribution in [2.45, 2.75) is 57.4 Å². The molecular formula is C20H28N4O3S. The molecule has 1 aromatic carbocycles. The molecule has 3 rings (SSSR count). The van der Waals surface area contributed by atoms with Crippen molar-refractivity contribution >= 4 is 15.9 Å². The average molecular weight is 405 g/mol. The number of nitrogens with zero attached hydrogens (tertiary/aromatic N) is 2. The van der Waals surface area contributed by atoms with Crippen molar-refractivity contribution in [3.63, 3.8) is 0 Å². The molecule has 8 heteroatoms. The number of carbonyl (C=O) groups excluding carboxylic acids is 1. The number of hydrogen-bond donors (Lipinski definition) is 2. The molecule has 2 aromatic rings. The number of carbonyl (C=O) groups is 1. The van der Waals surface area contributed by atoms with Crippen molar-refractivity contribution in [1.29, 1.82) is 0 Å². The normalized spacial score (nSPS) is 15.8. The maximum absolute atomic E-state index is 12.7. The average Bonchev–Trinajstić information content (AvgIpc) is 3.00. The van der Waals surface area contributed by atoms with Crippen LogP contribution in [0.4, 0.5) is 0 Å². The summed E-state index contributed by atoms with van der Waals surface area (Å²) in [6.07, 6.45) is 2.44. The first-order valence-electron chi connectivity index (χ1n) is 9.63. The molecule has 28 heavy (non-hydrogen) atoms. The molecule has 2 N–H and O–H groups in total. The first-order chi connectivity index (χ1) is 13.3. The fraction of sp³-hybridized carbons (Fsp3) is 0.500. The van der Waals surface area contributed by atoms with Gasteiger partial charge in [0.2, 0.25) is 15.9 Å². The number of H-pyrrole nitrogens is 1. The number of likely N-dealkylation sites (tertiary alicyclic amines) is 1. The van der Waals surface area contributed by atoms with Gasteiger partial charge in [-0.1, -0.05) is 29.8 Å². The Hall–Kier alpha value is -2.19. The van der Waals surface area contributed by atoms with Gasteiger partial charge in [0.25, 0.3) is 0 Å². The lowest BCUT2D eigenvalue weighted by atomic mass is 10.0. The summed E-state index contributed by atoms with van der Waals surface area (Å²) in [6, 6.07) is 8.06. The van der Waals surface area contributed by atoms with Gasteiger partial charge in [0.05, 0.1) is 11.4 Å². The number of benzene rings is 1. The summed E-state index contributed by atoms with van der Waals surface area (Å²) < 4.78 is 28.1. The van der Waals surface area contributed by atoms with E-state index in [1.165, 1.54) is 5.56 Å². The highest BCUT2D eigenvalue weighted by molar-refractivity contribution is 7.89. The van der Waals surface area contributed by atoms with Crippen LogP contribution in [-0.2, 0) is 21.2 Å². The monoisotopic (exact) mass is 404 g/mol. The Labute approximate surface area is 166 Å². The number of aromatic amines is 1. The third-order valence-electron chi connectivity index (χ3n) is 5.25. The topological polar surface area (TPSA) is 95.2 Å². The standard InChI is InChI=1S/C20H28N4O3S/c1-14-4-6-17(7-5-14)8-9-19(25)24-12-10-18(11-13-24)23-28(26,27)20-15(2)21-22-16(20)3/h4-7,18,23H,8-13H2,1-3H3,(H,21,22). The second-order valence-electron chi connectivity index (χ2n) is 7.53. The summed E-state index contributed by atoms with van der Waals surface area (Å²) in [5.74, 6) is 0.128. The molecule has 1 fully saturated rings. The second-order valence-corrected chi connectivity index (χ2v) is 9.18. The zero-order valence-electron chi connectivity index (χ0n) is 16.7. The van der Waals surface area contributed by atoms with Gasteiger partial charge in [0.15, 0.2) is 0 Å². The number of nitrogens with one attached hydrogen (secondary N) is 2. The Bertz CT molecular complexity index is 907. The Morgan fingerprint density at radius 2 is 1.82 bits per heavy atom. The SMILES string of the molecule is Cc1ccc(CCC(=O)N2CCC(NS(=O)(=O)c3c(C)n[nH]c3C)CC2)cc1. The molecule has 1 aliphatic rings. The molecule has 0 spiro atoms. The molecule has 1 aliphatic heterocycles. The highest BCUT2D eigenvalue weighted by Gasteiger charge is 2.29. The largest absolute Gasteiger partial charge is 0.343 e. The molecule has 2 heterocycles. The van der Waals surface area contributed by atoms with Gasteiger partial charge in [-0.25, -0.2) is 13.1 Å². The van der Waals surface area contributed by atoms with Gasteiger partial charge in [-0.2, -0.15) is 5.10 Å². The smallest absolute Gasteiger partial charge is 0.244 e. The number of amides is 1. The molecule has 0 radical (unpaired) electrons. The molecule has 0 aliphatic carbocycles. The summed E-state index contributed by atoms with van der Waals surface area (Å²) >= 11 is 0. The first kappa shape index (κ1) is 20.5. The van der Waals surface area contributed by atoms with Crippen molar-refractivity contribution < 1.29 is 13.2 Å². The van der Waals surface area contributed by atoms with E-state index >= 15 is 0 Å². The minimum Gasteiger partial charge on any atom is -0.343 e. The van der Waals surface area contributed by atoms with Crippen LogP contribution in [0.5, 0.6) is 0 Å². The minimum atomic E-state index is -3.61. The summed E-state index contributed by atoms with van der Waals surface area (Å²) in [5.41, 5.74) is 3.37. The number of aromatic nitrogens is 2. The van der Waals surface area contributed by atoms with E-state index in [1.807, 2.05) is 11.8 Å². The van der Waals surface area contributed by atoms with Gasteiger partial charge < -0.3 is 4.90 Å². The molecular weight excluding hydrogens is 376 g/mol. The van der Waals surface area contributed by atoms with Gasteiger partial charge in [0.1, 0.15) is 4.90 Å². The van der Waals surface area contributed by atoms with E-state index < -0.39 is 10.0 Å². The van der Waals surface area contributed by atoms with Gasteiger partial charge in [0, 0.05) is 25.6 Å². The molecule has 152 valence electrons. The van der Waals surface area contributed by atoms with E-state index in [0.717, 1.165) is 12.0 Å². The Kier molecular flexibility index (Phi) is 6.20. The van der Waals surface area contributed by atoms with Gasteiger partial charge >= 0.3 is 0 Å². The van der Waals surface area contributed by atoms with Crippen LogP contribution in [0.25, 0.3) is 0 Å². The van der Waals surface area contributed by atoms with E-state index in [9.17, 15) is 13.2 Å². The van der Waals surface area contributed by atoms with E-state index in [-0.39, 0.29) is 16.8 Å².